The van der Waals surface area contributed by atoms with Gasteiger partial charge >= 0.3 is 0 Å². The SMILES string of the molecule is CNC1CN(c2cc(-c3c(C)cccc3F)cc3cnc(N)nc23)C1. The molecule has 0 unspecified atom stereocenters. The van der Waals surface area contributed by atoms with E-state index in [4.69, 9.17) is 5.73 Å². The van der Waals surface area contributed by atoms with Crippen molar-refractivity contribution in [2.45, 2.75) is 13.0 Å². The van der Waals surface area contributed by atoms with Crippen molar-refractivity contribution in [1.29, 1.82) is 0 Å². The maximum absolute atomic E-state index is 14.5. The molecule has 1 saturated heterocycles. The van der Waals surface area contributed by atoms with Crippen molar-refractivity contribution in [2.24, 2.45) is 0 Å². The zero-order valence-corrected chi connectivity index (χ0v) is 14.3. The monoisotopic (exact) mass is 337 g/mol. The molecule has 0 bridgehead atoms. The van der Waals surface area contributed by atoms with E-state index in [1.165, 1.54) is 6.07 Å². The molecule has 0 spiro atoms. The number of nitrogens with two attached hydrogens (primary N) is 1. The number of fused-ring (bicyclic) bond motifs is 1. The van der Waals surface area contributed by atoms with E-state index < -0.39 is 0 Å². The fourth-order valence-corrected chi connectivity index (χ4v) is 3.38. The van der Waals surface area contributed by atoms with Crippen LogP contribution in [0.1, 0.15) is 5.56 Å². The molecule has 2 aromatic carbocycles. The maximum Gasteiger partial charge on any atom is 0.220 e. The standard InChI is InChI=1S/C19H20FN5/c1-11-4-3-5-15(20)17(11)12-6-13-8-23-19(21)24-18(13)16(7-12)25-9-14(10-25)22-2/h3-8,14,22H,9-10H2,1-2H3,(H2,21,23,24). The van der Waals surface area contributed by atoms with E-state index in [2.05, 4.69) is 20.2 Å². The Morgan fingerprint density at radius 3 is 2.80 bits per heavy atom. The fourth-order valence-electron chi connectivity index (χ4n) is 3.38. The number of hydrogen-bond donors (Lipinski definition) is 2. The Labute approximate surface area is 145 Å². The van der Waals surface area contributed by atoms with Crippen molar-refractivity contribution in [3.05, 3.63) is 47.9 Å². The average molecular weight is 337 g/mol. The molecule has 1 fully saturated rings. The van der Waals surface area contributed by atoms with Gasteiger partial charge in [0, 0.05) is 36.3 Å². The third kappa shape index (κ3) is 2.68. The highest BCUT2D eigenvalue weighted by molar-refractivity contribution is 5.96. The summed E-state index contributed by atoms with van der Waals surface area (Å²) < 4.78 is 14.5. The largest absolute Gasteiger partial charge is 0.368 e. The highest BCUT2D eigenvalue weighted by Gasteiger charge is 2.27. The lowest BCUT2D eigenvalue weighted by atomic mass is 9.96. The summed E-state index contributed by atoms with van der Waals surface area (Å²) in [5, 5.41) is 4.12. The Hall–Kier alpha value is -2.73. The molecule has 5 nitrogen and oxygen atoms in total. The van der Waals surface area contributed by atoms with Gasteiger partial charge in [-0.05, 0) is 43.3 Å². The van der Waals surface area contributed by atoms with Crippen molar-refractivity contribution in [3.63, 3.8) is 0 Å². The summed E-state index contributed by atoms with van der Waals surface area (Å²) in [6.45, 7) is 3.69. The van der Waals surface area contributed by atoms with E-state index in [9.17, 15) is 4.39 Å². The van der Waals surface area contributed by atoms with Crippen LogP contribution < -0.4 is 16.0 Å². The van der Waals surface area contributed by atoms with E-state index in [0.717, 1.165) is 40.8 Å². The maximum atomic E-state index is 14.5. The topological polar surface area (TPSA) is 67.1 Å². The molecular formula is C19H20FN5. The van der Waals surface area contributed by atoms with Crippen LogP contribution in [0.4, 0.5) is 16.0 Å². The Bertz CT molecular complexity index is 930. The normalized spacial score (nSPS) is 14.8. The molecule has 2 heterocycles. The molecule has 1 aromatic heterocycles. The van der Waals surface area contributed by atoms with Crippen LogP contribution in [0.2, 0.25) is 0 Å². The first-order valence-electron chi connectivity index (χ1n) is 8.31. The Balaban J connectivity index is 1.91. The second kappa shape index (κ2) is 5.97. The Morgan fingerprint density at radius 2 is 2.08 bits per heavy atom. The number of benzene rings is 2. The van der Waals surface area contributed by atoms with Crippen LogP contribution in [0, 0.1) is 12.7 Å². The molecule has 0 atom stereocenters. The van der Waals surface area contributed by atoms with Crippen LogP contribution in [-0.2, 0) is 0 Å². The van der Waals surface area contributed by atoms with Crippen LogP contribution in [0.5, 0.6) is 0 Å². The van der Waals surface area contributed by atoms with Crippen molar-refractivity contribution in [2.75, 3.05) is 30.8 Å². The molecule has 25 heavy (non-hydrogen) atoms. The number of nitrogen functional groups attached to an aromatic ring is 1. The first-order valence-corrected chi connectivity index (χ1v) is 8.31. The lowest BCUT2D eigenvalue weighted by molar-refractivity contribution is 0.451. The van der Waals surface area contributed by atoms with E-state index >= 15 is 0 Å². The summed E-state index contributed by atoms with van der Waals surface area (Å²) in [7, 11) is 1.96. The number of nitrogens with zero attached hydrogens (tertiary/aromatic N) is 3. The molecule has 0 aliphatic carbocycles. The Kier molecular flexibility index (Phi) is 3.77. The first-order chi connectivity index (χ1) is 12.1. The smallest absolute Gasteiger partial charge is 0.220 e. The van der Waals surface area contributed by atoms with Crippen molar-refractivity contribution in [1.82, 2.24) is 15.3 Å². The number of anilines is 2. The van der Waals surface area contributed by atoms with Crippen LogP contribution in [0.15, 0.2) is 36.5 Å². The minimum Gasteiger partial charge on any atom is -0.368 e. The van der Waals surface area contributed by atoms with Crippen LogP contribution in [-0.4, -0.2) is 36.1 Å². The van der Waals surface area contributed by atoms with E-state index in [0.29, 0.717) is 11.6 Å². The lowest BCUT2D eigenvalue weighted by Gasteiger charge is -2.41. The highest BCUT2D eigenvalue weighted by Crippen LogP contribution is 2.36. The number of likely N-dealkylation sites (N-methyl/N-ethyl adjacent to an activating group) is 1. The summed E-state index contributed by atoms with van der Waals surface area (Å²) in [6.07, 6.45) is 1.70. The molecule has 1 aliphatic heterocycles. The summed E-state index contributed by atoms with van der Waals surface area (Å²) in [5.74, 6) is 0.0210. The first kappa shape index (κ1) is 15.8. The molecule has 1 aliphatic rings. The highest BCUT2D eigenvalue weighted by atomic mass is 19.1. The van der Waals surface area contributed by atoms with E-state index in [1.54, 1.807) is 12.3 Å². The molecule has 4 rings (SSSR count). The zero-order valence-electron chi connectivity index (χ0n) is 14.3. The van der Waals surface area contributed by atoms with Crippen LogP contribution in [0.25, 0.3) is 22.0 Å². The molecule has 0 radical (unpaired) electrons. The zero-order chi connectivity index (χ0) is 17.6. The minimum absolute atomic E-state index is 0.224. The van der Waals surface area contributed by atoms with Gasteiger partial charge in [-0.1, -0.05) is 12.1 Å². The van der Waals surface area contributed by atoms with Gasteiger partial charge in [-0.2, -0.15) is 0 Å². The van der Waals surface area contributed by atoms with Crippen LogP contribution in [0.3, 0.4) is 0 Å². The van der Waals surface area contributed by atoms with Crippen molar-refractivity contribution < 1.29 is 4.39 Å². The second-order valence-corrected chi connectivity index (χ2v) is 6.48. The third-order valence-electron chi connectivity index (χ3n) is 4.82. The lowest BCUT2D eigenvalue weighted by Crippen LogP contribution is -2.57. The van der Waals surface area contributed by atoms with Gasteiger partial charge in [0.2, 0.25) is 5.95 Å². The Morgan fingerprint density at radius 1 is 1.28 bits per heavy atom. The molecular weight excluding hydrogens is 317 g/mol. The number of aryl methyl sites for hydroxylation is 1. The number of aromatic nitrogens is 2. The van der Waals surface area contributed by atoms with Gasteiger partial charge in [-0.3, -0.25) is 0 Å². The van der Waals surface area contributed by atoms with E-state index in [1.807, 2.05) is 32.2 Å². The van der Waals surface area contributed by atoms with Gasteiger partial charge < -0.3 is 16.0 Å². The molecule has 0 amide bonds. The molecule has 0 saturated carbocycles. The van der Waals surface area contributed by atoms with Gasteiger partial charge in [0.15, 0.2) is 0 Å². The third-order valence-corrected chi connectivity index (χ3v) is 4.82. The molecule has 128 valence electrons. The van der Waals surface area contributed by atoms with Gasteiger partial charge in [0.25, 0.3) is 0 Å². The summed E-state index contributed by atoms with van der Waals surface area (Å²) in [4.78, 5) is 10.8. The fraction of sp³-hybridized carbons (Fsp3) is 0.263. The van der Waals surface area contributed by atoms with Gasteiger partial charge in [0.05, 0.1) is 11.2 Å². The minimum atomic E-state index is -0.224. The van der Waals surface area contributed by atoms with Gasteiger partial charge in [-0.15, -0.1) is 0 Å². The number of rotatable bonds is 3. The molecule has 6 heteroatoms. The molecule has 3 N–H and O–H groups in total. The molecule has 3 aromatic rings. The summed E-state index contributed by atoms with van der Waals surface area (Å²) in [5.41, 5.74) is 9.92. The van der Waals surface area contributed by atoms with Gasteiger partial charge in [0.1, 0.15) is 5.82 Å². The average Bonchev–Trinajstić information content (AvgIpc) is 2.54. The second-order valence-electron chi connectivity index (χ2n) is 6.48. The van der Waals surface area contributed by atoms with E-state index in [-0.39, 0.29) is 11.8 Å². The van der Waals surface area contributed by atoms with Gasteiger partial charge in [-0.25, -0.2) is 14.4 Å². The summed E-state index contributed by atoms with van der Waals surface area (Å²) >= 11 is 0. The predicted octanol–water partition coefficient (Wildman–Crippen LogP) is 2.73. The van der Waals surface area contributed by atoms with Crippen molar-refractivity contribution >= 4 is 22.5 Å². The quantitative estimate of drug-likeness (QED) is 0.769. The van der Waals surface area contributed by atoms with Crippen LogP contribution >= 0.6 is 0 Å². The van der Waals surface area contributed by atoms with Crippen molar-refractivity contribution in [3.8, 4) is 11.1 Å². The number of hydrogen-bond acceptors (Lipinski definition) is 5. The number of halogens is 1. The predicted molar refractivity (Wildman–Crippen MR) is 99.1 cm³/mol. The summed E-state index contributed by atoms with van der Waals surface area (Å²) in [6, 6.07) is 9.53. The number of nitrogens with one attached hydrogen (secondary N) is 1.